The lowest BCUT2D eigenvalue weighted by Crippen LogP contribution is -2.15. The Bertz CT molecular complexity index is 1210. The number of aromatic nitrogens is 2. The number of hydrogen-bond donors (Lipinski definition) is 6. The van der Waals surface area contributed by atoms with E-state index in [-0.39, 0.29) is 11.8 Å². The van der Waals surface area contributed by atoms with Crippen LogP contribution >= 0.6 is 0 Å². The second-order valence-electron chi connectivity index (χ2n) is 7.72. The molecule has 3 rings (SSSR count). The van der Waals surface area contributed by atoms with E-state index in [0.29, 0.717) is 22.7 Å². The first-order chi connectivity index (χ1) is 15.9. The van der Waals surface area contributed by atoms with Crippen LogP contribution in [0.1, 0.15) is 19.4 Å². The fourth-order valence-electron chi connectivity index (χ4n) is 3.17. The molecular weight excluding hydrogens is 412 g/mol. The van der Waals surface area contributed by atoms with Gasteiger partial charge in [-0.25, -0.2) is 4.98 Å². The van der Waals surface area contributed by atoms with Gasteiger partial charge < -0.3 is 27.4 Å². The van der Waals surface area contributed by atoms with Gasteiger partial charge in [-0.15, -0.1) is 0 Å². The number of pyridine rings is 2. The average Bonchev–Trinajstić information content (AvgIpc) is 2.81. The number of amidine groups is 1. The molecule has 8 N–H and O–H groups in total. The number of benzene rings is 1. The van der Waals surface area contributed by atoms with Crippen LogP contribution in [0.3, 0.4) is 0 Å². The van der Waals surface area contributed by atoms with E-state index >= 15 is 0 Å². The Morgan fingerprint density at radius 3 is 2.48 bits per heavy atom. The van der Waals surface area contributed by atoms with Crippen molar-refractivity contribution >= 4 is 33.9 Å². The molecule has 0 spiro atoms. The van der Waals surface area contributed by atoms with Gasteiger partial charge in [0, 0.05) is 36.3 Å². The molecule has 0 bridgehead atoms. The molecule has 3 aromatic rings. The lowest BCUT2D eigenvalue weighted by Gasteiger charge is -2.13. The summed E-state index contributed by atoms with van der Waals surface area (Å²) >= 11 is 0. The highest BCUT2D eigenvalue weighted by Gasteiger charge is 2.11. The summed E-state index contributed by atoms with van der Waals surface area (Å²) in [6.45, 7) is 4.09. The van der Waals surface area contributed by atoms with Gasteiger partial charge >= 0.3 is 0 Å². The van der Waals surface area contributed by atoms with E-state index in [9.17, 15) is 0 Å². The SMILES string of the molecule is CN/C=C(\C(=N)Nc1ccccc1)c1cnc2ccc(N/C(N)=C/C(=C\N)C(C)C)nc2c1. The number of anilines is 2. The Morgan fingerprint density at radius 1 is 1.06 bits per heavy atom. The lowest BCUT2D eigenvalue weighted by molar-refractivity contribution is 0.786. The van der Waals surface area contributed by atoms with Crippen LogP contribution in [0.15, 0.2) is 84.6 Å². The van der Waals surface area contributed by atoms with E-state index in [1.54, 1.807) is 31.7 Å². The third-order valence-corrected chi connectivity index (χ3v) is 4.90. The molecule has 8 nitrogen and oxygen atoms in total. The van der Waals surface area contributed by atoms with E-state index in [1.165, 1.54) is 0 Å². The zero-order valence-corrected chi connectivity index (χ0v) is 19.1. The summed E-state index contributed by atoms with van der Waals surface area (Å²) in [6.07, 6.45) is 6.85. The molecule has 0 aliphatic heterocycles. The molecule has 0 aliphatic rings. The van der Waals surface area contributed by atoms with E-state index in [1.807, 2.05) is 62.4 Å². The summed E-state index contributed by atoms with van der Waals surface area (Å²) in [5.41, 5.74) is 16.4. The van der Waals surface area contributed by atoms with Crippen molar-refractivity contribution in [2.75, 3.05) is 17.7 Å². The maximum absolute atomic E-state index is 8.57. The van der Waals surface area contributed by atoms with Gasteiger partial charge in [0.2, 0.25) is 0 Å². The van der Waals surface area contributed by atoms with Crippen LogP contribution < -0.4 is 27.4 Å². The van der Waals surface area contributed by atoms with E-state index in [4.69, 9.17) is 16.9 Å². The molecule has 170 valence electrons. The van der Waals surface area contributed by atoms with Gasteiger partial charge in [0.25, 0.3) is 0 Å². The minimum absolute atomic E-state index is 0.243. The first-order valence-electron chi connectivity index (χ1n) is 10.6. The van der Waals surface area contributed by atoms with Crippen molar-refractivity contribution in [2.24, 2.45) is 17.4 Å². The highest BCUT2D eigenvalue weighted by atomic mass is 15.1. The molecule has 0 atom stereocenters. The van der Waals surface area contributed by atoms with Crippen molar-refractivity contribution in [3.05, 3.63) is 90.2 Å². The molecule has 0 unspecified atom stereocenters. The monoisotopic (exact) mass is 442 g/mol. The average molecular weight is 443 g/mol. The van der Waals surface area contributed by atoms with E-state index in [0.717, 1.165) is 22.3 Å². The summed E-state index contributed by atoms with van der Waals surface area (Å²) in [7, 11) is 1.79. The second-order valence-corrected chi connectivity index (χ2v) is 7.72. The number of rotatable bonds is 8. The Morgan fingerprint density at radius 2 is 1.82 bits per heavy atom. The smallest absolute Gasteiger partial charge is 0.132 e. The highest BCUT2D eigenvalue weighted by molar-refractivity contribution is 6.26. The predicted octanol–water partition coefficient (Wildman–Crippen LogP) is 3.99. The summed E-state index contributed by atoms with van der Waals surface area (Å²) < 4.78 is 0. The first kappa shape index (κ1) is 23.3. The standard InChI is InChI=1S/C25H30N8/c1-16(2)17(13-26)12-23(27)33-24-10-9-21-22(32-24)11-18(14-30-21)20(15-29-3)25(28)31-19-7-5-4-6-8-19/h4-16,29H,26-27H2,1-3H3,(H2,28,31)(H,32,33)/b17-13+,20-15-,23-12+. The van der Waals surface area contributed by atoms with Gasteiger partial charge in [0.15, 0.2) is 0 Å². The van der Waals surface area contributed by atoms with Gasteiger partial charge in [-0.1, -0.05) is 32.0 Å². The predicted molar refractivity (Wildman–Crippen MR) is 137 cm³/mol. The molecule has 0 aliphatic carbocycles. The molecule has 0 radical (unpaired) electrons. The van der Waals surface area contributed by atoms with Gasteiger partial charge in [0.1, 0.15) is 17.5 Å². The Hall–Kier alpha value is -4.33. The number of fused-ring (bicyclic) bond motifs is 1. The highest BCUT2D eigenvalue weighted by Crippen LogP contribution is 2.22. The third kappa shape index (κ3) is 6.10. The van der Waals surface area contributed by atoms with Crippen molar-refractivity contribution in [1.29, 1.82) is 5.41 Å². The largest absolute Gasteiger partial charge is 0.404 e. The zero-order valence-electron chi connectivity index (χ0n) is 19.1. The second kappa shape index (κ2) is 10.8. The van der Waals surface area contributed by atoms with Crippen LogP contribution in [0.25, 0.3) is 16.6 Å². The fourth-order valence-corrected chi connectivity index (χ4v) is 3.17. The lowest BCUT2D eigenvalue weighted by atomic mass is 10.0. The number of nitrogens with one attached hydrogen (secondary N) is 4. The minimum Gasteiger partial charge on any atom is -0.404 e. The van der Waals surface area contributed by atoms with Gasteiger partial charge in [0.05, 0.1) is 11.0 Å². The van der Waals surface area contributed by atoms with Crippen molar-refractivity contribution in [3.8, 4) is 0 Å². The number of nitrogens with two attached hydrogens (primary N) is 2. The van der Waals surface area contributed by atoms with Gasteiger partial charge in [-0.05, 0) is 54.1 Å². The van der Waals surface area contributed by atoms with Crippen molar-refractivity contribution in [1.82, 2.24) is 15.3 Å². The van der Waals surface area contributed by atoms with Crippen LogP contribution in [0.4, 0.5) is 11.5 Å². The topological polar surface area (TPSA) is 138 Å². The third-order valence-electron chi connectivity index (χ3n) is 4.90. The maximum Gasteiger partial charge on any atom is 0.132 e. The van der Waals surface area contributed by atoms with Crippen LogP contribution in [0.5, 0.6) is 0 Å². The molecular formula is C25H30N8. The van der Waals surface area contributed by atoms with Crippen LogP contribution in [0.2, 0.25) is 0 Å². The van der Waals surface area contributed by atoms with E-state index in [2.05, 4.69) is 25.9 Å². The number of nitrogens with zero attached hydrogens (tertiary/aromatic N) is 2. The summed E-state index contributed by atoms with van der Waals surface area (Å²) in [6, 6.07) is 15.2. The zero-order chi connectivity index (χ0) is 23.8. The van der Waals surface area contributed by atoms with Gasteiger partial charge in [-0.2, -0.15) is 0 Å². The normalized spacial score (nSPS) is 12.7. The Kier molecular flexibility index (Phi) is 7.64. The Balaban J connectivity index is 1.89. The molecule has 0 fully saturated rings. The summed E-state index contributed by atoms with van der Waals surface area (Å²) in [5.74, 6) is 1.53. The van der Waals surface area contributed by atoms with Crippen molar-refractivity contribution in [2.45, 2.75) is 13.8 Å². The molecule has 33 heavy (non-hydrogen) atoms. The van der Waals surface area contributed by atoms with Crippen LogP contribution in [-0.4, -0.2) is 22.9 Å². The number of hydrogen-bond acceptors (Lipinski definition) is 7. The Labute approximate surface area is 194 Å². The van der Waals surface area contributed by atoms with E-state index < -0.39 is 0 Å². The molecule has 0 saturated carbocycles. The summed E-state index contributed by atoms with van der Waals surface area (Å²) in [5, 5.41) is 17.8. The quantitative estimate of drug-likeness (QED) is 0.176. The van der Waals surface area contributed by atoms with Crippen molar-refractivity contribution in [3.63, 3.8) is 0 Å². The maximum atomic E-state index is 8.57. The number of allylic oxidation sites excluding steroid dienone is 2. The fraction of sp³-hybridized carbons (Fsp3) is 0.160. The first-order valence-corrected chi connectivity index (χ1v) is 10.6. The molecule has 8 heteroatoms. The van der Waals surface area contributed by atoms with Crippen LogP contribution in [-0.2, 0) is 0 Å². The molecule has 2 aromatic heterocycles. The molecule has 1 aromatic carbocycles. The molecule has 0 saturated heterocycles. The number of para-hydroxylation sites is 1. The summed E-state index contributed by atoms with van der Waals surface area (Å²) in [4.78, 5) is 9.18. The van der Waals surface area contributed by atoms with Gasteiger partial charge in [-0.3, -0.25) is 10.4 Å². The molecule has 0 amide bonds. The van der Waals surface area contributed by atoms with Crippen molar-refractivity contribution < 1.29 is 0 Å². The van der Waals surface area contributed by atoms with Crippen LogP contribution in [0, 0.1) is 11.3 Å². The minimum atomic E-state index is 0.243. The molecule has 2 heterocycles.